The summed E-state index contributed by atoms with van der Waals surface area (Å²) < 4.78 is 12.2. The Bertz CT molecular complexity index is 947. The Balaban J connectivity index is 1.56. The quantitative estimate of drug-likeness (QED) is 0.463. The predicted octanol–water partition coefficient (Wildman–Crippen LogP) is 0.0585. The van der Waals surface area contributed by atoms with Crippen LogP contribution < -0.4 is 10.1 Å². The molecule has 3 aromatic rings. The molecule has 0 spiro atoms. The number of anilines is 1. The molecule has 0 radical (unpaired) electrons. The van der Waals surface area contributed by atoms with Crippen LogP contribution >= 0.6 is 0 Å². The van der Waals surface area contributed by atoms with Crippen molar-refractivity contribution < 1.29 is 24.8 Å². The summed E-state index contributed by atoms with van der Waals surface area (Å²) in [6.07, 6.45) is -1.31. The molecule has 10 nitrogen and oxygen atoms in total. The second-order valence-corrected chi connectivity index (χ2v) is 6.48. The molecule has 28 heavy (non-hydrogen) atoms. The largest absolute Gasteiger partial charge is 0.497 e. The van der Waals surface area contributed by atoms with Gasteiger partial charge < -0.3 is 30.1 Å². The van der Waals surface area contributed by atoms with Crippen molar-refractivity contribution >= 4 is 17.0 Å². The van der Waals surface area contributed by atoms with Crippen molar-refractivity contribution in [3.8, 4) is 5.75 Å². The van der Waals surface area contributed by atoms with E-state index >= 15 is 0 Å². The molecule has 2 aromatic heterocycles. The number of ether oxygens (including phenoxy) is 2. The van der Waals surface area contributed by atoms with Crippen LogP contribution in [0.4, 0.5) is 5.82 Å². The number of benzene rings is 1. The van der Waals surface area contributed by atoms with E-state index in [0.717, 1.165) is 11.3 Å². The van der Waals surface area contributed by atoms with E-state index in [1.165, 1.54) is 17.2 Å². The van der Waals surface area contributed by atoms with Crippen LogP contribution in [-0.2, 0) is 11.3 Å². The zero-order valence-electron chi connectivity index (χ0n) is 15.1. The van der Waals surface area contributed by atoms with Gasteiger partial charge in [-0.1, -0.05) is 12.1 Å². The summed E-state index contributed by atoms with van der Waals surface area (Å²) in [5, 5.41) is 32.7. The Kier molecular flexibility index (Phi) is 5.09. The normalized spacial score (nSPS) is 24.6. The highest BCUT2D eigenvalue weighted by Gasteiger charge is 2.44. The van der Waals surface area contributed by atoms with Crippen LogP contribution in [0.2, 0.25) is 0 Å². The first kappa shape index (κ1) is 18.6. The van der Waals surface area contributed by atoms with E-state index in [9.17, 15) is 15.3 Å². The Morgan fingerprint density at radius 2 is 1.93 bits per heavy atom. The van der Waals surface area contributed by atoms with E-state index in [-0.39, 0.29) is 0 Å². The van der Waals surface area contributed by atoms with Crippen LogP contribution in [0.25, 0.3) is 11.2 Å². The summed E-state index contributed by atoms with van der Waals surface area (Å²) in [7, 11) is 1.62. The Labute approximate surface area is 160 Å². The number of imidazole rings is 1. The van der Waals surface area contributed by atoms with Gasteiger partial charge in [0.1, 0.15) is 30.4 Å². The minimum atomic E-state index is -1.21. The van der Waals surface area contributed by atoms with Crippen molar-refractivity contribution in [2.24, 2.45) is 0 Å². The first-order valence-electron chi connectivity index (χ1n) is 8.79. The maximum Gasteiger partial charge on any atom is 0.167 e. The molecular formula is C18H21N5O5. The molecule has 1 fully saturated rings. The van der Waals surface area contributed by atoms with Gasteiger partial charge in [-0.05, 0) is 17.7 Å². The molecular weight excluding hydrogens is 366 g/mol. The number of aliphatic hydroxyl groups is 3. The first-order valence-corrected chi connectivity index (χ1v) is 8.79. The van der Waals surface area contributed by atoms with Crippen molar-refractivity contribution in [1.82, 2.24) is 19.5 Å². The van der Waals surface area contributed by atoms with Gasteiger partial charge in [-0.2, -0.15) is 0 Å². The van der Waals surface area contributed by atoms with Gasteiger partial charge >= 0.3 is 0 Å². The van der Waals surface area contributed by atoms with Gasteiger partial charge in [0, 0.05) is 6.54 Å². The van der Waals surface area contributed by atoms with Crippen LogP contribution in [0.15, 0.2) is 36.9 Å². The van der Waals surface area contributed by atoms with Gasteiger partial charge in [-0.3, -0.25) is 4.57 Å². The number of hydrogen-bond acceptors (Lipinski definition) is 9. The molecule has 0 bridgehead atoms. The summed E-state index contributed by atoms with van der Waals surface area (Å²) in [5.41, 5.74) is 1.99. The predicted molar refractivity (Wildman–Crippen MR) is 98.7 cm³/mol. The van der Waals surface area contributed by atoms with Gasteiger partial charge in [-0.15, -0.1) is 0 Å². The zero-order chi connectivity index (χ0) is 19.7. The summed E-state index contributed by atoms with van der Waals surface area (Å²) in [6, 6.07) is 7.65. The van der Waals surface area contributed by atoms with E-state index in [1.807, 2.05) is 24.3 Å². The van der Waals surface area contributed by atoms with Crippen LogP contribution in [0.3, 0.4) is 0 Å². The highest BCUT2D eigenvalue weighted by atomic mass is 16.6. The lowest BCUT2D eigenvalue weighted by Crippen LogP contribution is -2.33. The van der Waals surface area contributed by atoms with Crippen LogP contribution in [0, 0.1) is 0 Å². The number of rotatable bonds is 6. The molecule has 10 heteroatoms. The van der Waals surface area contributed by atoms with Gasteiger partial charge in [0.25, 0.3) is 0 Å². The lowest BCUT2D eigenvalue weighted by molar-refractivity contribution is -0.0511. The summed E-state index contributed by atoms with van der Waals surface area (Å²) >= 11 is 0. The molecule has 1 unspecified atom stereocenters. The van der Waals surface area contributed by atoms with Gasteiger partial charge in [-0.25, -0.2) is 15.0 Å². The average molecular weight is 387 g/mol. The molecule has 4 rings (SSSR count). The number of aromatic nitrogens is 4. The third-order valence-electron chi connectivity index (χ3n) is 4.77. The van der Waals surface area contributed by atoms with Crippen molar-refractivity contribution in [3.05, 3.63) is 42.5 Å². The van der Waals surface area contributed by atoms with Crippen molar-refractivity contribution in [2.45, 2.75) is 31.1 Å². The lowest BCUT2D eigenvalue weighted by Gasteiger charge is -2.16. The summed E-state index contributed by atoms with van der Waals surface area (Å²) in [5.74, 6) is 1.32. The number of nitrogens with zero attached hydrogens (tertiary/aromatic N) is 4. The molecule has 0 aliphatic carbocycles. The average Bonchev–Trinajstić information content (AvgIpc) is 3.28. The monoisotopic (exact) mass is 387 g/mol. The standard InChI is InChI=1S/C18H21N5O5/c1-27-11-4-2-10(3-5-11)6-19-16-13-17(21-8-20-16)23(9-22-13)18-15(26)14(25)12(7-24)28-18/h2-5,8-9,12,14-15,18,24-26H,6-7H2,1H3,(H,19,20,21)/t12-,14-,15-,18?/m1/s1. The van der Waals surface area contributed by atoms with Crippen molar-refractivity contribution in [2.75, 3.05) is 19.0 Å². The maximum atomic E-state index is 10.3. The van der Waals surface area contributed by atoms with Crippen LogP contribution in [0.5, 0.6) is 5.75 Å². The molecule has 4 atom stereocenters. The molecule has 0 amide bonds. The Morgan fingerprint density at radius 3 is 2.61 bits per heavy atom. The first-order chi connectivity index (χ1) is 13.6. The van der Waals surface area contributed by atoms with Crippen LogP contribution in [-0.4, -0.2) is 66.9 Å². The van der Waals surface area contributed by atoms with Gasteiger partial charge in [0.2, 0.25) is 0 Å². The molecule has 1 aromatic carbocycles. The summed E-state index contributed by atoms with van der Waals surface area (Å²) in [6.45, 7) is 0.127. The molecule has 1 saturated heterocycles. The topological polar surface area (TPSA) is 135 Å². The number of aliphatic hydroxyl groups excluding tert-OH is 3. The number of hydrogen-bond donors (Lipinski definition) is 4. The van der Waals surface area contributed by atoms with E-state index in [1.54, 1.807) is 7.11 Å². The molecule has 1 aliphatic heterocycles. The molecule has 148 valence electrons. The second-order valence-electron chi connectivity index (χ2n) is 6.48. The molecule has 4 N–H and O–H groups in total. The second kappa shape index (κ2) is 7.68. The molecule has 0 saturated carbocycles. The van der Waals surface area contributed by atoms with Crippen molar-refractivity contribution in [3.63, 3.8) is 0 Å². The molecule has 1 aliphatic rings. The van der Waals surface area contributed by atoms with Crippen molar-refractivity contribution in [1.29, 1.82) is 0 Å². The van der Waals surface area contributed by atoms with E-state index in [4.69, 9.17) is 9.47 Å². The fourth-order valence-corrected chi connectivity index (χ4v) is 3.21. The fourth-order valence-electron chi connectivity index (χ4n) is 3.21. The minimum absolute atomic E-state index is 0.398. The van der Waals surface area contributed by atoms with E-state index < -0.39 is 31.1 Å². The lowest BCUT2D eigenvalue weighted by atomic mass is 10.1. The Hall–Kier alpha value is -2.79. The molecule has 3 heterocycles. The number of methoxy groups -OCH3 is 1. The van der Waals surface area contributed by atoms with Crippen LogP contribution in [0.1, 0.15) is 11.8 Å². The van der Waals surface area contributed by atoms with Gasteiger partial charge in [0.05, 0.1) is 20.0 Å². The highest BCUT2D eigenvalue weighted by molar-refractivity contribution is 5.82. The number of fused-ring (bicyclic) bond motifs is 1. The van der Waals surface area contributed by atoms with E-state index in [0.29, 0.717) is 23.5 Å². The third-order valence-corrected chi connectivity index (χ3v) is 4.77. The smallest absolute Gasteiger partial charge is 0.167 e. The summed E-state index contributed by atoms with van der Waals surface area (Å²) in [4.78, 5) is 12.8. The Morgan fingerprint density at radius 1 is 1.14 bits per heavy atom. The fraction of sp³-hybridized carbons (Fsp3) is 0.389. The SMILES string of the molecule is COc1ccc(CNc2ncnc3c2ncn3C2O[C@H](CO)[C@@H](O)[C@H]2O)cc1. The number of nitrogens with one attached hydrogen (secondary N) is 1. The van der Waals surface area contributed by atoms with Gasteiger partial charge in [0.15, 0.2) is 23.2 Å². The zero-order valence-corrected chi connectivity index (χ0v) is 15.1. The highest BCUT2D eigenvalue weighted by Crippen LogP contribution is 2.32. The maximum absolute atomic E-state index is 10.3. The van der Waals surface area contributed by atoms with E-state index in [2.05, 4.69) is 20.3 Å². The minimum Gasteiger partial charge on any atom is -0.497 e. The third kappa shape index (κ3) is 3.27.